The maximum Gasteiger partial charge on any atom is 0.274 e. The summed E-state index contributed by atoms with van der Waals surface area (Å²) < 4.78 is 1.68. The second-order valence-corrected chi connectivity index (χ2v) is 8.56. The molecule has 2 amide bonds. The molecule has 0 bridgehead atoms. The highest BCUT2D eigenvalue weighted by Gasteiger charge is 2.48. The normalized spacial score (nSPS) is 24.8. The first-order valence-electron chi connectivity index (χ1n) is 10.1. The molecule has 0 radical (unpaired) electrons. The summed E-state index contributed by atoms with van der Waals surface area (Å²) in [6.45, 7) is 1.60. The molecule has 1 unspecified atom stereocenters. The highest BCUT2D eigenvalue weighted by atomic mass is 16.2. The number of nitrogens with one attached hydrogen (secondary N) is 1. The van der Waals surface area contributed by atoms with Gasteiger partial charge in [-0.25, -0.2) is 0 Å². The van der Waals surface area contributed by atoms with Crippen LogP contribution in [0.2, 0.25) is 0 Å². The molecule has 6 nitrogen and oxygen atoms in total. The molecule has 2 aliphatic carbocycles. The first kappa shape index (κ1) is 17.6. The Bertz CT molecular complexity index is 673. The van der Waals surface area contributed by atoms with E-state index in [2.05, 4.69) is 10.4 Å². The molecule has 3 aliphatic rings. The Hall–Kier alpha value is -1.85. The van der Waals surface area contributed by atoms with E-state index >= 15 is 0 Å². The lowest BCUT2D eigenvalue weighted by molar-refractivity contribution is -0.121. The summed E-state index contributed by atoms with van der Waals surface area (Å²) in [7, 11) is 1.84. The molecule has 1 aliphatic heterocycles. The topological polar surface area (TPSA) is 67.2 Å². The molecule has 3 fully saturated rings. The third-order valence-electron chi connectivity index (χ3n) is 6.54. The molecular formula is C20H30N4O2. The van der Waals surface area contributed by atoms with Crippen molar-refractivity contribution in [2.24, 2.45) is 18.4 Å². The van der Waals surface area contributed by atoms with Crippen molar-refractivity contribution in [1.82, 2.24) is 20.0 Å². The summed E-state index contributed by atoms with van der Waals surface area (Å²) in [5.74, 6) is 0.661. The average molecular weight is 358 g/mol. The number of aromatic nitrogens is 2. The first-order chi connectivity index (χ1) is 12.6. The number of likely N-dealkylation sites (tertiary alicyclic amines) is 1. The Morgan fingerprint density at radius 3 is 2.69 bits per heavy atom. The molecule has 0 aromatic carbocycles. The number of hydrogen-bond donors (Lipinski definition) is 1. The standard InChI is InChI=1S/C20H30N4O2/c1-23-12-9-17(22-23)19(26)24-13-15(5-8-18(25)21-16-6-7-16)20(14-24)10-3-2-4-11-20/h9,12,15-16H,2-8,10-11,13-14H2,1H3,(H,21,25). The van der Waals surface area contributed by atoms with Crippen molar-refractivity contribution in [3.8, 4) is 0 Å². The van der Waals surface area contributed by atoms with Gasteiger partial charge in [-0.3, -0.25) is 14.3 Å². The molecule has 2 saturated carbocycles. The van der Waals surface area contributed by atoms with Gasteiger partial charge < -0.3 is 10.2 Å². The lowest BCUT2D eigenvalue weighted by atomic mass is 9.66. The number of hydrogen-bond acceptors (Lipinski definition) is 3. The van der Waals surface area contributed by atoms with Crippen LogP contribution >= 0.6 is 0 Å². The zero-order valence-corrected chi connectivity index (χ0v) is 15.7. The fourth-order valence-electron chi connectivity index (χ4n) is 4.93. The molecule has 142 valence electrons. The molecule has 1 aromatic rings. The van der Waals surface area contributed by atoms with E-state index in [0.29, 0.717) is 24.1 Å². The van der Waals surface area contributed by atoms with Gasteiger partial charge in [0.1, 0.15) is 5.69 Å². The van der Waals surface area contributed by atoms with Gasteiger partial charge in [-0.2, -0.15) is 5.10 Å². The Morgan fingerprint density at radius 2 is 2.04 bits per heavy atom. The van der Waals surface area contributed by atoms with Crippen LogP contribution in [0.1, 0.15) is 68.3 Å². The molecule has 1 aromatic heterocycles. The highest BCUT2D eigenvalue weighted by molar-refractivity contribution is 5.92. The molecule has 1 spiro atoms. The Kier molecular flexibility index (Phi) is 4.76. The van der Waals surface area contributed by atoms with Crippen molar-refractivity contribution in [3.63, 3.8) is 0 Å². The van der Waals surface area contributed by atoms with E-state index in [0.717, 1.165) is 32.4 Å². The molecule has 4 rings (SSSR count). The lowest BCUT2D eigenvalue weighted by Crippen LogP contribution is -2.35. The zero-order valence-electron chi connectivity index (χ0n) is 15.7. The monoisotopic (exact) mass is 358 g/mol. The molecule has 1 saturated heterocycles. The summed E-state index contributed by atoms with van der Waals surface area (Å²) >= 11 is 0. The van der Waals surface area contributed by atoms with Gasteiger partial charge in [-0.05, 0) is 49.5 Å². The van der Waals surface area contributed by atoms with Gasteiger partial charge in [-0.15, -0.1) is 0 Å². The van der Waals surface area contributed by atoms with Crippen LogP contribution < -0.4 is 5.32 Å². The predicted octanol–water partition coefficient (Wildman–Crippen LogP) is 2.50. The van der Waals surface area contributed by atoms with Gasteiger partial charge in [0.2, 0.25) is 5.91 Å². The largest absolute Gasteiger partial charge is 0.353 e. The van der Waals surface area contributed by atoms with Crippen LogP contribution in [0.3, 0.4) is 0 Å². The van der Waals surface area contributed by atoms with E-state index in [1.807, 2.05) is 18.1 Å². The summed E-state index contributed by atoms with van der Waals surface area (Å²) in [4.78, 5) is 27.0. The minimum absolute atomic E-state index is 0.0421. The average Bonchev–Trinajstić information content (AvgIpc) is 3.23. The third kappa shape index (κ3) is 3.64. The van der Waals surface area contributed by atoms with Crippen molar-refractivity contribution < 1.29 is 9.59 Å². The van der Waals surface area contributed by atoms with Crippen molar-refractivity contribution >= 4 is 11.8 Å². The van der Waals surface area contributed by atoms with Crippen LogP contribution in [-0.4, -0.2) is 45.6 Å². The van der Waals surface area contributed by atoms with Crippen molar-refractivity contribution in [2.75, 3.05) is 13.1 Å². The summed E-state index contributed by atoms with van der Waals surface area (Å²) in [5, 5.41) is 7.39. The SMILES string of the molecule is Cn1ccc(C(=O)N2CC(CCC(=O)NC3CC3)C3(CCCCC3)C2)n1. The predicted molar refractivity (Wildman–Crippen MR) is 98.5 cm³/mol. The van der Waals surface area contributed by atoms with Crippen LogP contribution in [0.5, 0.6) is 0 Å². The lowest BCUT2D eigenvalue weighted by Gasteiger charge is -2.38. The number of aryl methyl sites for hydroxylation is 1. The van der Waals surface area contributed by atoms with Crippen LogP contribution in [0.4, 0.5) is 0 Å². The van der Waals surface area contributed by atoms with E-state index in [1.165, 1.54) is 32.1 Å². The van der Waals surface area contributed by atoms with E-state index in [9.17, 15) is 9.59 Å². The quantitative estimate of drug-likeness (QED) is 0.879. The number of carbonyl (C=O) groups is 2. The number of rotatable bonds is 5. The van der Waals surface area contributed by atoms with Gasteiger partial charge in [0.05, 0.1) is 0 Å². The summed E-state index contributed by atoms with van der Waals surface area (Å²) in [6.07, 6.45) is 11.7. The highest BCUT2D eigenvalue weighted by Crippen LogP contribution is 2.49. The van der Waals surface area contributed by atoms with Crippen LogP contribution in [-0.2, 0) is 11.8 Å². The van der Waals surface area contributed by atoms with Crippen LogP contribution in [0.15, 0.2) is 12.3 Å². The van der Waals surface area contributed by atoms with Gasteiger partial charge >= 0.3 is 0 Å². The van der Waals surface area contributed by atoms with Gasteiger partial charge in [0.15, 0.2) is 0 Å². The molecule has 26 heavy (non-hydrogen) atoms. The van der Waals surface area contributed by atoms with E-state index in [4.69, 9.17) is 0 Å². The molecule has 6 heteroatoms. The second kappa shape index (κ2) is 7.05. The number of amides is 2. The van der Waals surface area contributed by atoms with Crippen molar-refractivity contribution in [1.29, 1.82) is 0 Å². The fraction of sp³-hybridized carbons (Fsp3) is 0.750. The van der Waals surface area contributed by atoms with Crippen LogP contribution in [0, 0.1) is 11.3 Å². The van der Waals surface area contributed by atoms with Gasteiger partial charge in [0.25, 0.3) is 5.91 Å². The Balaban J connectivity index is 1.43. The van der Waals surface area contributed by atoms with Crippen molar-refractivity contribution in [2.45, 2.75) is 63.8 Å². The smallest absolute Gasteiger partial charge is 0.274 e. The Morgan fingerprint density at radius 1 is 1.27 bits per heavy atom. The number of nitrogens with zero attached hydrogens (tertiary/aromatic N) is 3. The molecular weight excluding hydrogens is 328 g/mol. The van der Waals surface area contributed by atoms with Gasteiger partial charge in [0, 0.05) is 38.8 Å². The first-order valence-corrected chi connectivity index (χ1v) is 10.1. The Labute approximate surface area is 155 Å². The van der Waals surface area contributed by atoms with E-state index in [-0.39, 0.29) is 17.2 Å². The fourth-order valence-corrected chi connectivity index (χ4v) is 4.93. The summed E-state index contributed by atoms with van der Waals surface area (Å²) in [6, 6.07) is 2.23. The van der Waals surface area contributed by atoms with Crippen LogP contribution in [0.25, 0.3) is 0 Å². The van der Waals surface area contributed by atoms with Crippen molar-refractivity contribution in [3.05, 3.63) is 18.0 Å². The summed E-state index contributed by atoms with van der Waals surface area (Å²) in [5.41, 5.74) is 0.744. The molecule has 1 atom stereocenters. The second-order valence-electron chi connectivity index (χ2n) is 8.56. The third-order valence-corrected chi connectivity index (χ3v) is 6.54. The maximum atomic E-state index is 12.9. The van der Waals surface area contributed by atoms with E-state index in [1.54, 1.807) is 10.7 Å². The molecule has 2 heterocycles. The van der Waals surface area contributed by atoms with Gasteiger partial charge in [-0.1, -0.05) is 19.3 Å². The zero-order chi connectivity index (χ0) is 18.1. The minimum Gasteiger partial charge on any atom is -0.353 e. The van der Waals surface area contributed by atoms with E-state index < -0.39 is 0 Å². The molecule has 1 N–H and O–H groups in total. The number of carbonyl (C=O) groups excluding carboxylic acids is 2. The minimum atomic E-state index is 0.0421. The maximum absolute atomic E-state index is 12.9.